The van der Waals surface area contributed by atoms with Crippen LogP contribution in [0.1, 0.15) is 16.8 Å². The van der Waals surface area contributed by atoms with Crippen LogP contribution in [0.4, 0.5) is 11.4 Å². The molecule has 0 saturated carbocycles. The summed E-state index contributed by atoms with van der Waals surface area (Å²) in [6, 6.07) is 13.8. The predicted octanol–water partition coefficient (Wildman–Crippen LogP) is 1.94. The summed E-state index contributed by atoms with van der Waals surface area (Å²) in [4.78, 5) is 42.9. The van der Waals surface area contributed by atoms with Gasteiger partial charge in [0.2, 0.25) is 5.91 Å². The molecule has 2 heterocycles. The monoisotopic (exact) mass is 423 g/mol. The van der Waals surface area contributed by atoms with Crippen molar-refractivity contribution in [1.82, 2.24) is 4.90 Å². The molecule has 4 rings (SSSR count). The summed E-state index contributed by atoms with van der Waals surface area (Å²) >= 11 is 0. The van der Waals surface area contributed by atoms with Gasteiger partial charge in [-0.15, -0.1) is 0 Å². The fraction of sp³-hybridized carbons (Fsp3) is 0.348. The molecule has 2 amide bonds. The van der Waals surface area contributed by atoms with Crippen LogP contribution >= 0.6 is 0 Å². The highest BCUT2D eigenvalue weighted by Crippen LogP contribution is 2.28. The summed E-state index contributed by atoms with van der Waals surface area (Å²) in [6.45, 7) is 2.95. The number of amides is 2. The molecule has 2 aliphatic heterocycles. The number of hydrogen-bond donors (Lipinski definition) is 0. The highest BCUT2D eigenvalue weighted by Gasteiger charge is 2.43. The molecule has 162 valence electrons. The smallest absolute Gasteiger partial charge is 0.337 e. The molecule has 0 radical (unpaired) electrons. The van der Waals surface area contributed by atoms with Gasteiger partial charge in [-0.05, 0) is 48.5 Å². The lowest BCUT2D eigenvalue weighted by atomic mass is 10.1. The molecule has 2 aromatic rings. The van der Waals surface area contributed by atoms with Crippen LogP contribution in [0.2, 0.25) is 0 Å². The van der Waals surface area contributed by atoms with Crippen LogP contribution in [0, 0.1) is 0 Å². The molecule has 2 fully saturated rings. The molecule has 2 aromatic carbocycles. The Balaban J connectivity index is 1.40. The number of rotatable bonds is 5. The number of benzene rings is 2. The molecule has 0 bridgehead atoms. The lowest BCUT2D eigenvalue weighted by molar-refractivity contribution is -0.123. The van der Waals surface area contributed by atoms with Gasteiger partial charge in [0.05, 0.1) is 37.9 Å². The number of carbonyl (C=O) groups excluding carboxylic acids is 3. The summed E-state index contributed by atoms with van der Waals surface area (Å²) in [6.07, 6.45) is 0.167. The van der Waals surface area contributed by atoms with E-state index in [4.69, 9.17) is 4.74 Å². The average molecular weight is 423 g/mol. The van der Waals surface area contributed by atoms with E-state index in [1.165, 1.54) is 12.0 Å². The Bertz CT molecular complexity index is 966. The fourth-order valence-electron chi connectivity index (χ4n) is 4.12. The van der Waals surface area contributed by atoms with E-state index in [9.17, 15) is 14.4 Å². The largest absolute Gasteiger partial charge is 0.497 e. The first-order valence-electron chi connectivity index (χ1n) is 10.2. The van der Waals surface area contributed by atoms with Gasteiger partial charge in [0.1, 0.15) is 5.75 Å². The van der Waals surface area contributed by atoms with Gasteiger partial charge < -0.3 is 14.4 Å². The molecule has 0 N–H and O–H groups in total. The van der Waals surface area contributed by atoms with Gasteiger partial charge in [-0.25, -0.2) is 9.69 Å². The normalized spacial score (nSPS) is 19.6. The fourth-order valence-corrected chi connectivity index (χ4v) is 4.12. The first kappa shape index (κ1) is 20.9. The number of imide groups is 1. The number of esters is 1. The van der Waals surface area contributed by atoms with Gasteiger partial charge in [-0.3, -0.25) is 14.5 Å². The van der Waals surface area contributed by atoms with Crippen LogP contribution in [0.3, 0.4) is 0 Å². The molecule has 0 unspecified atom stereocenters. The van der Waals surface area contributed by atoms with E-state index >= 15 is 0 Å². The zero-order valence-corrected chi connectivity index (χ0v) is 17.6. The van der Waals surface area contributed by atoms with Crippen LogP contribution < -0.4 is 14.5 Å². The van der Waals surface area contributed by atoms with Gasteiger partial charge in [0.15, 0.2) is 0 Å². The number of methoxy groups -OCH3 is 2. The second kappa shape index (κ2) is 8.77. The molecule has 0 aromatic heterocycles. The number of piperazine rings is 1. The van der Waals surface area contributed by atoms with E-state index in [2.05, 4.69) is 14.5 Å². The topological polar surface area (TPSA) is 79.4 Å². The molecule has 8 heteroatoms. The van der Waals surface area contributed by atoms with Crippen molar-refractivity contribution in [3.63, 3.8) is 0 Å². The number of ether oxygens (including phenoxy) is 2. The summed E-state index contributed by atoms with van der Waals surface area (Å²) < 4.78 is 9.90. The van der Waals surface area contributed by atoms with E-state index in [1.54, 1.807) is 31.4 Å². The molecule has 8 nitrogen and oxygen atoms in total. The van der Waals surface area contributed by atoms with Crippen molar-refractivity contribution in [2.75, 3.05) is 50.2 Å². The van der Waals surface area contributed by atoms with Gasteiger partial charge in [-0.1, -0.05) is 0 Å². The first-order chi connectivity index (χ1) is 15.0. The second-order valence-corrected chi connectivity index (χ2v) is 7.55. The van der Waals surface area contributed by atoms with Crippen molar-refractivity contribution in [3.05, 3.63) is 54.1 Å². The van der Waals surface area contributed by atoms with E-state index < -0.39 is 12.0 Å². The predicted molar refractivity (Wildman–Crippen MR) is 115 cm³/mol. The lowest BCUT2D eigenvalue weighted by Gasteiger charge is -2.38. The second-order valence-electron chi connectivity index (χ2n) is 7.55. The van der Waals surface area contributed by atoms with Crippen LogP contribution in [0.25, 0.3) is 0 Å². The number of carbonyl (C=O) groups is 3. The Hall–Kier alpha value is -3.39. The van der Waals surface area contributed by atoms with Crippen molar-refractivity contribution < 1.29 is 23.9 Å². The SMILES string of the molecule is COC(=O)c1ccc(N2C(=O)C[C@@H](N3CCN(c4ccc(OC)cc4)CC3)C2=O)cc1. The van der Waals surface area contributed by atoms with E-state index in [0.717, 1.165) is 24.5 Å². The minimum absolute atomic E-state index is 0.167. The Kier molecular flexibility index (Phi) is 5.90. The Morgan fingerprint density at radius 3 is 2.06 bits per heavy atom. The molecule has 2 saturated heterocycles. The average Bonchev–Trinajstić information content (AvgIpc) is 3.12. The van der Waals surface area contributed by atoms with Gasteiger partial charge >= 0.3 is 5.97 Å². The summed E-state index contributed by atoms with van der Waals surface area (Å²) in [5.74, 6) is -0.0810. The highest BCUT2D eigenvalue weighted by molar-refractivity contribution is 6.22. The maximum Gasteiger partial charge on any atom is 0.337 e. The maximum absolute atomic E-state index is 13.1. The van der Waals surface area contributed by atoms with E-state index in [0.29, 0.717) is 24.3 Å². The van der Waals surface area contributed by atoms with Crippen LogP contribution in [0.5, 0.6) is 5.75 Å². The standard InChI is InChI=1S/C23H25N3O5/c1-30-19-9-7-17(8-10-19)24-11-13-25(14-12-24)20-15-21(27)26(22(20)28)18-5-3-16(4-6-18)23(29)31-2/h3-10,20H,11-15H2,1-2H3/t20-/m1/s1. The van der Waals surface area contributed by atoms with Crippen LogP contribution in [0.15, 0.2) is 48.5 Å². The third-order valence-corrected chi connectivity index (χ3v) is 5.86. The van der Waals surface area contributed by atoms with Gasteiger partial charge in [0.25, 0.3) is 5.91 Å². The van der Waals surface area contributed by atoms with E-state index in [1.807, 2.05) is 24.3 Å². The Labute approximate surface area is 180 Å². The van der Waals surface area contributed by atoms with Crippen molar-refractivity contribution in [2.45, 2.75) is 12.5 Å². The van der Waals surface area contributed by atoms with Crippen LogP contribution in [-0.2, 0) is 14.3 Å². The minimum atomic E-state index is -0.460. The third kappa shape index (κ3) is 4.11. The molecular formula is C23H25N3O5. The molecular weight excluding hydrogens is 398 g/mol. The van der Waals surface area contributed by atoms with Crippen molar-refractivity contribution in [1.29, 1.82) is 0 Å². The molecule has 0 aliphatic carbocycles. The lowest BCUT2D eigenvalue weighted by Crippen LogP contribution is -2.52. The quantitative estimate of drug-likeness (QED) is 0.537. The Morgan fingerprint density at radius 1 is 0.871 bits per heavy atom. The molecule has 31 heavy (non-hydrogen) atoms. The summed E-state index contributed by atoms with van der Waals surface area (Å²) in [5, 5.41) is 0. The zero-order valence-electron chi connectivity index (χ0n) is 17.6. The first-order valence-corrected chi connectivity index (χ1v) is 10.2. The van der Waals surface area contributed by atoms with Crippen molar-refractivity contribution in [2.24, 2.45) is 0 Å². The number of hydrogen-bond acceptors (Lipinski definition) is 7. The van der Waals surface area contributed by atoms with Crippen molar-refractivity contribution in [3.8, 4) is 5.75 Å². The van der Waals surface area contributed by atoms with Gasteiger partial charge in [0, 0.05) is 31.9 Å². The minimum Gasteiger partial charge on any atom is -0.497 e. The van der Waals surface area contributed by atoms with Crippen LogP contribution in [-0.4, -0.2) is 69.1 Å². The summed E-state index contributed by atoms with van der Waals surface area (Å²) in [5.41, 5.74) is 1.96. The Morgan fingerprint density at radius 2 is 1.48 bits per heavy atom. The van der Waals surface area contributed by atoms with Gasteiger partial charge in [-0.2, -0.15) is 0 Å². The molecule has 0 spiro atoms. The zero-order chi connectivity index (χ0) is 22.0. The molecule has 2 aliphatic rings. The van der Waals surface area contributed by atoms with E-state index in [-0.39, 0.29) is 18.2 Å². The summed E-state index contributed by atoms with van der Waals surface area (Å²) in [7, 11) is 2.95. The maximum atomic E-state index is 13.1. The third-order valence-electron chi connectivity index (χ3n) is 5.86. The number of anilines is 2. The van der Waals surface area contributed by atoms with Crippen molar-refractivity contribution >= 4 is 29.2 Å². The highest BCUT2D eigenvalue weighted by atomic mass is 16.5. The number of nitrogens with zero attached hydrogens (tertiary/aromatic N) is 3. The molecule has 1 atom stereocenters.